The molecular weight excluding hydrogens is 222 g/mol. The predicted molar refractivity (Wildman–Crippen MR) is 50.8 cm³/mol. The Morgan fingerprint density at radius 1 is 1.58 bits per heavy atom. The van der Waals surface area contributed by atoms with E-state index in [2.05, 4.69) is 0 Å². The minimum Gasteiger partial charge on any atom is -0.478 e. The van der Waals surface area contributed by atoms with Crippen molar-refractivity contribution >= 4 is 40.8 Å². The van der Waals surface area contributed by atoms with Gasteiger partial charge in [-0.05, 0) is 6.92 Å². The zero-order chi connectivity index (χ0) is 9.72. The van der Waals surface area contributed by atoms with Gasteiger partial charge in [-0.15, -0.1) is 11.6 Å². The van der Waals surface area contributed by atoms with E-state index in [1.54, 1.807) is 0 Å². The second-order valence-corrected chi connectivity index (χ2v) is 3.18. The highest BCUT2D eigenvalue weighted by atomic mass is 35.5. The minimum atomic E-state index is -1.03. The number of aliphatic carboxylic acids is 1. The Balaban J connectivity index is 4.44. The van der Waals surface area contributed by atoms with Crippen LogP contribution in [0, 0.1) is 0 Å². The van der Waals surface area contributed by atoms with E-state index in [4.69, 9.17) is 39.9 Å². The average molecular weight is 229 g/mol. The third-order valence-corrected chi connectivity index (χ3v) is 2.27. The molecule has 12 heavy (non-hydrogen) atoms. The molecule has 0 aromatic carbocycles. The Bertz CT molecular complexity index is 233. The molecule has 1 unspecified atom stereocenters. The van der Waals surface area contributed by atoms with Crippen molar-refractivity contribution < 1.29 is 9.90 Å². The number of halogens is 3. The number of carbonyl (C=O) groups is 1. The number of hydrogen-bond donors (Lipinski definition) is 1. The maximum atomic E-state index is 10.3. The molecule has 0 fully saturated rings. The van der Waals surface area contributed by atoms with Gasteiger partial charge in [0.1, 0.15) is 0 Å². The van der Waals surface area contributed by atoms with Crippen molar-refractivity contribution in [3.63, 3.8) is 0 Å². The van der Waals surface area contributed by atoms with Crippen LogP contribution in [0.3, 0.4) is 0 Å². The molecule has 68 valence electrons. The van der Waals surface area contributed by atoms with Gasteiger partial charge >= 0.3 is 5.97 Å². The lowest BCUT2D eigenvalue weighted by molar-refractivity contribution is -0.132. The molecule has 0 aliphatic heterocycles. The molecule has 0 aromatic heterocycles. The topological polar surface area (TPSA) is 37.3 Å². The molecule has 0 aromatic rings. The number of carboxylic acid groups (broad SMARTS) is 1. The third kappa shape index (κ3) is 4.00. The van der Waals surface area contributed by atoms with Crippen LogP contribution in [0.25, 0.3) is 0 Å². The van der Waals surface area contributed by atoms with Crippen LogP contribution in [-0.4, -0.2) is 16.5 Å². The van der Waals surface area contributed by atoms with Crippen molar-refractivity contribution in [2.75, 3.05) is 0 Å². The summed E-state index contributed by atoms with van der Waals surface area (Å²) in [4.78, 5) is 10.3. The van der Waals surface area contributed by atoms with Crippen molar-refractivity contribution in [2.24, 2.45) is 0 Å². The summed E-state index contributed by atoms with van der Waals surface area (Å²) in [5.41, 5.74) is 1.23. The Labute approximate surface area is 85.4 Å². The Hall–Kier alpha value is -0.180. The SMILES string of the molecule is CC(=CC(Cl)C(Cl)=CCl)C(=O)O. The van der Waals surface area contributed by atoms with Crippen molar-refractivity contribution in [1.82, 2.24) is 0 Å². The van der Waals surface area contributed by atoms with Crippen LogP contribution in [0.15, 0.2) is 22.2 Å². The highest BCUT2D eigenvalue weighted by Gasteiger charge is 2.08. The smallest absolute Gasteiger partial charge is 0.331 e. The quantitative estimate of drug-likeness (QED) is 0.597. The minimum absolute atomic E-state index is 0.131. The second kappa shape index (κ2) is 5.46. The van der Waals surface area contributed by atoms with E-state index in [0.717, 1.165) is 5.54 Å². The Morgan fingerprint density at radius 3 is 2.42 bits per heavy atom. The Kier molecular flexibility index (Phi) is 5.38. The summed E-state index contributed by atoms with van der Waals surface area (Å²) < 4.78 is 0. The summed E-state index contributed by atoms with van der Waals surface area (Å²) in [6.07, 6.45) is 1.31. The van der Waals surface area contributed by atoms with Crippen LogP contribution < -0.4 is 0 Å². The number of hydrogen-bond acceptors (Lipinski definition) is 1. The molecule has 0 radical (unpaired) electrons. The fraction of sp³-hybridized carbons (Fsp3) is 0.286. The van der Waals surface area contributed by atoms with Crippen LogP contribution in [0.4, 0.5) is 0 Å². The third-order valence-electron chi connectivity index (χ3n) is 1.10. The number of rotatable bonds is 3. The van der Waals surface area contributed by atoms with Crippen LogP contribution in [-0.2, 0) is 4.79 Å². The fourth-order valence-corrected chi connectivity index (χ4v) is 0.946. The van der Waals surface area contributed by atoms with Crippen LogP contribution in [0.2, 0.25) is 0 Å². The van der Waals surface area contributed by atoms with Crippen molar-refractivity contribution in [3.05, 3.63) is 22.2 Å². The molecule has 1 atom stereocenters. The summed E-state index contributed by atoms with van der Waals surface area (Å²) in [5.74, 6) is -1.03. The van der Waals surface area contributed by atoms with Crippen molar-refractivity contribution in [1.29, 1.82) is 0 Å². The van der Waals surface area contributed by atoms with E-state index in [-0.39, 0.29) is 10.6 Å². The first-order valence-corrected chi connectivity index (χ1v) is 4.25. The van der Waals surface area contributed by atoms with Gasteiger partial charge in [0, 0.05) is 11.1 Å². The molecule has 0 spiro atoms. The van der Waals surface area contributed by atoms with Gasteiger partial charge < -0.3 is 5.11 Å². The van der Waals surface area contributed by atoms with Crippen LogP contribution in [0.1, 0.15) is 6.92 Å². The van der Waals surface area contributed by atoms with E-state index in [0.29, 0.717) is 0 Å². The monoisotopic (exact) mass is 228 g/mol. The highest BCUT2D eigenvalue weighted by Crippen LogP contribution is 2.18. The van der Waals surface area contributed by atoms with E-state index in [9.17, 15) is 4.79 Å². The number of alkyl halides is 1. The van der Waals surface area contributed by atoms with Crippen LogP contribution >= 0.6 is 34.8 Å². The number of carboxylic acids is 1. The number of allylic oxidation sites excluding steroid dienone is 2. The fourth-order valence-electron chi connectivity index (χ4n) is 0.431. The van der Waals surface area contributed by atoms with Gasteiger partial charge in [-0.25, -0.2) is 4.79 Å². The molecule has 0 saturated carbocycles. The molecule has 0 aliphatic rings. The van der Waals surface area contributed by atoms with Gasteiger partial charge in [-0.1, -0.05) is 29.3 Å². The molecule has 0 heterocycles. The summed E-state index contributed by atoms with van der Waals surface area (Å²) >= 11 is 16.4. The van der Waals surface area contributed by atoms with Gasteiger partial charge in [-0.2, -0.15) is 0 Å². The standard InChI is InChI=1S/C7H7Cl3O2/c1-4(7(11)12)2-5(9)6(10)3-8/h2-3,5H,1H3,(H,11,12). The summed E-state index contributed by atoms with van der Waals surface area (Å²) in [6, 6.07) is 0. The molecule has 2 nitrogen and oxygen atoms in total. The molecule has 0 aliphatic carbocycles. The summed E-state index contributed by atoms with van der Waals surface area (Å²) in [5, 5.41) is 7.98. The Morgan fingerprint density at radius 2 is 2.08 bits per heavy atom. The molecule has 0 rings (SSSR count). The maximum absolute atomic E-state index is 10.3. The molecule has 0 bridgehead atoms. The van der Waals surface area contributed by atoms with Crippen molar-refractivity contribution in [2.45, 2.75) is 12.3 Å². The highest BCUT2D eigenvalue weighted by molar-refractivity contribution is 6.42. The molecule has 1 N–H and O–H groups in total. The maximum Gasteiger partial charge on any atom is 0.331 e. The predicted octanol–water partition coefficient (Wildman–Crippen LogP) is 2.94. The van der Waals surface area contributed by atoms with Crippen molar-refractivity contribution in [3.8, 4) is 0 Å². The van der Waals surface area contributed by atoms with Crippen LogP contribution in [0.5, 0.6) is 0 Å². The summed E-state index contributed by atoms with van der Waals surface area (Å²) in [7, 11) is 0. The average Bonchev–Trinajstić information content (AvgIpc) is 2.02. The first-order valence-electron chi connectivity index (χ1n) is 3.00. The molecule has 0 saturated heterocycles. The van der Waals surface area contributed by atoms with Gasteiger partial charge in [0.05, 0.1) is 10.4 Å². The largest absolute Gasteiger partial charge is 0.478 e. The van der Waals surface area contributed by atoms with Gasteiger partial charge in [0.15, 0.2) is 0 Å². The molecule has 0 amide bonds. The lowest BCUT2D eigenvalue weighted by Gasteiger charge is -2.01. The molecule has 5 heteroatoms. The first-order chi connectivity index (χ1) is 5.49. The van der Waals surface area contributed by atoms with E-state index in [1.165, 1.54) is 13.0 Å². The second-order valence-electron chi connectivity index (χ2n) is 2.05. The normalized spacial score (nSPS) is 16.0. The van der Waals surface area contributed by atoms with E-state index < -0.39 is 11.3 Å². The molecular formula is C7H7Cl3O2. The van der Waals surface area contributed by atoms with E-state index >= 15 is 0 Å². The van der Waals surface area contributed by atoms with Gasteiger partial charge in [0.25, 0.3) is 0 Å². The zero-order valence-electron chi connectivity index (χ0n) is 6.22. The van der Waals surface area contributed by atoms with E-state index in [1.807, 2.05) is 0 Å². The van der Waals surface area contributed by atoms with Gasteiger partial charge in [-0.3, -0.25) is 0 Å². The zero-order valence-corrected chi connectivity index (χ0v) is 8.49. The first kappa shape index (κ1) is 11.8. The van der Waals surface area contributed by atoms with Gasteiger partial charge in [0.2, 0.25) is 0 Å². The lowest BCUT2D eigenvalue weighted by Crippen LogP contribution is -2.01. The summed E-state index contributed by atoms with van der Waals surface area (Å²) in [6.45, 7) is 1.43. The lowest BCUT2D eigenvalue weighted by atomic mass is 10.2.